The van der Waals surface area contributed by atoms with E-state index in [1.807, 2.05) is 0 Å². The van der Waals surface area contributed by atoms with Gasteiger partial charge in [0.1, 0.15) is 0 Å². The molecule has 5 N–H and O–H groups in total. The van der Waals surface area contributed by atoms with Crippen LogP contribution in [-0.2, 0) is 10.0 Å². The highest BCUT2D eigenvalue weighted by Crippen LogP contribution is 2.11. The highest BCUT2D eigenvalue weighted by atomic mass is 32.2. The lowest BCUT2D eigenvalue weighted by molar-refractivity contribution is 0.318. The van der Waals surface area contributed by atoms with E-state index in [2.05, 4.69) is 48.5 Å². The monoisotopic (exact) mass is 346 g/mol. The molecular weight excluding hydrogens is 324 g/mol. The second-order valence-corrected chi connectivity index (χ2v) is 6.34. The molecule has 5 nitrogen and oxygen atoms in total. The van der Waals surface area contributed by atoms with Crippen molar-refractivity contribution in [3.63, 3.8) is 0 Å². The van der Waals surface area contributed by atoms with Gasteiger partial charge in [0, 0.05) is 12.3 Å². The molecule has 24 heavy (non-hydrogen) atoms. The summed E-state index contributed by atoms with van der Waals surface area (Å²) in [5.74, 6) is 0. The van der Waals surface area contributed by atoms with Gasteiger partial charge in [0.15, 0.2) is 0 Å². The van der Waals surface area contributed by atoms with E-state index in [4.69, 9.17) is 16.0 Å². The second kappa shape index (κ2) is 9.67. The third-order valence-corrected chi connectivity index (χ3v) is 3.80. The first-order valence-corrected chi connectivity index (χ1v) is 8.86. The molecule has 0 atom stereocenters. The van der Waals surface area contributed by atoms with Crippen LogP contribution < -0.4 is 10.9 Å². The number of nitrogens with two attached hydrogens (primary N) is 2. The van der Waals surface area contributed by atoms with E-state index in [1.165, 1.54) is 35.0 Å². The van der Waals surface area contributed by atoms with E-state index in [0.717, 1.165) is 0 Å². The average Bonchev–Trinajstić information content (AvgIpc) is 2.56. The molecule has 0 aliphatic heterocycles. The summed E-state index contributed by atoms with van der Waals surface area (Å²) >= 11 is 0. The number of rotatable bonds is 1. The van der Waals surface area contributed by atoms with Crippen molar-refractivity contribution in [3.05, 3.63) is 72.8 Å². The van der Waals surface area contributed by atoms with Gasteiger partial charge in [0.25, 0.3) is 0 Å². The highest BCUT2D eigenvalue weighted by Gasteiger charge is 2.04. The summed E-state index contributed by atoms with van der Waals surface area (Å²) in [5.41, 5.74) is 5.85. The molecule has 0 fully saturated rings. The van der Waals surface area contributed by atoms with Crippen LogP contribution >= 0.6 is 0 Å². The second-order valence-electron chi connectivity index (χ2n) is 4.78. The van der Waals surface area contributed by atoms with Crippen molar-refractivity contribution in [1.82, 2.24) is 0 Å². The smallest absolute Gasteiger partial charge is 0.238 e. The van der Waals surface area contributed by atoms with Crippen LogP contribution in [0.15, 0.2) is 77.7 Å². The van der Waals surface area contributed by atoms with E-state index in [9.17, 15) is 8.42 Å². The van der Waals surface area contributed by atoms with Crippen molar-refractivity contribution in [2.75, 3.05) is 12.3 Å². The van der Waals surface area contributed by atoms with Gasteiger partial charge in [0.2, 0.25) is 10.0 Å². The Morgan fingerprint density at radius 2 is 1.17 bits per heavy atom. The van der Waals surface area contributed by atoms with Crippen LogP contribution in [0.1, 0.15) is 6.92 Å². The molecule has 6 heteroatoms. The fraction of sp³-hybridized carbons (Fsp3) is 0.111. The van der Waals surface area contributed by atoms with Gasteiger partial charge in [-0.1, -0.05) is 48.5 Å². The van der Waals surface area contributed by atoms with Crippen molar-refractivity contribution in [1.29, 1.82) is 0 Å². The molecule has 0 aromatic heterocycles. The van der Waals surface area contributed by atoms with E-state index in [1.54, 1.807) is 6.92 Å². The lowest BCUT2D eigenvalue weighted by Gasteiger charge is -1.96. The van der Waals surface area contributed by atoms with E-state index < -0.39 is 10.0 Å². The summed E-state index contributed by atoms with van der Waals surface area (Å²) in [4.78, 5) is 0.0756. The molecule has 3 rings (SSSR count). The number of anilines is 1. The summed E-state index contributed by atoms with van der Waals surface area (Å²) in [7, 11) is -3.58. The summed E-state index contributed by atoms with van der Waals surface area (Å²) in [5, 5.41) is 15.0. The van der Waals surface area contributed by atoms with Crippen molar-refractivity contribution in [2.45, 2.75) is 11.8 Å². The number of benzene rings is 3. The zero-order chi connectivity index (χ0) is 18.0. The number of primary sulfonamides is 1. The Labute approximate surface area is 142 Å². The maximum absolute atomic E-state index is 10.7. The van der Waals surface area contributed by atoms with Crippen molar-refractivity contribution < 1.29 is 13.5 Å². The van der Waals surface area contributed by atoms with Gasteiger partial charge in [-0.05, 0) is 42.0 Å². The average molecular weight is 346 g/mol. The van der Waals surface area contributed by atoms with Gasteiger partial charge in [0.05, 0.1) is 4.90 Å². The number of nitrogen functional groups attached to an aromatic ring is 1. The molecule has 0 bridgehead atoms. The number of fused-ring (bicyclic) bond motifs is 1. The maximum Gasteiger partial charge on any atom is 0.238 e. The Kier molecular flexibility index (Phi) is 7.91. The molecule has 128 valence electrons. The Morgan fingerprint density at radius 3 is 1.46 bits per heavy atom. The first kappa shape index (κ1) is 19.6. The fourth-order valence-electron chi connectivity index (χ4n) is 1.79. The molecule has 0 aliphatic rings. The number of sulfonamides is 1. The van der Waals surface area contributed by atoms with Gasteiger partial charge in [-0.2, -0.15) is 0 Å². The summed E-state index contributed by atoms with van der Waals surface area (Å²) in [6, 6.07) is 22.4. The summed E-state index contributed by atoms with van der Waals surface area (Å²) < 4.78 is 21.4. The van der Waals surface area contributed by atoms with Crippen molar-refractivity contribution >= 4 is 26.5 Å². The Bertz CT molecular complexity index is 782. The maximum atomic E-state index is 10.7. The van der Waals surface area contributed by atoms with Crippen LogP contribution in [0, 0.1) is 0 Å². The van der Waals surface area contributed by atoms with E-state index in [-0.39, 0.29) is 11.5 Å². The van der Waals surface area contributed by atoms with Gasteiger partial charge >= 0.3 is 0 Å². The zero-order valence-corrected chi connectivity index (χ0v) is 14.3. The van der Waals surface area contributed by atoms with Crippen LogP contribution in [0.3, 0.4) is 0 Å². The van der Waals surface area contributed by atoms with Crippen molar-refractivity contribution in [2.24, 2.45) is 5.14 Å². The fourth-order valence-corrected chi connectivity index (χ4v) is 2.31. The number of hydrogen-bond donors (Lipinski definition) is 3. The molecule has 0 unspecified atom stereocenters. The predicted octanol–water partition coefficient (Wildman–Crippen LogP) is 2.75. The molecule has 0 amide bonds. The Morgan fingerprint density at radius 1 is 0.833 bits per heavy atom. The standard InChI is InChI=1S/C10H8.C6H8N2O2S.C2H6O/c1-2-6-10-8-4-3-7-9(10)5-1;7-5-1-3-6(4-2-5)11(8,9)10;1-2-3/h1-8H;1-4H,7H2,(H2,8,9,10);3H,2H2,1H3. The lowest BCUT2D eigenvalue weighted by Crippen LogP contribution is -2.11. The quantitative estimate of drug-likeness (QED) is 0.589. The molecule has 0 aliphatic carbocycles. The number of hydrogen-bond acceptors (Lipinski definition) is 4. The molecule has 3 aromatic carbocycles. The van der Waals surface area contributed by atoms with Gasteiger partial charge in [-0.15, -0.1) is 0 Å². The van der Waals surface area contributed by atoms with Crippen LogP contribution in [0.25, 0.3) is 10.8 Å². The third kappa shape index (κ3) is 6.78. The van der Waals surface area contributed by atoms with Crippen LogP contribution in [0.2, 0.25) is 0 Å². The summed E-state index contributed by atoms with van der Waals surface area (Å²) in [6.45, 7) is 1.93. The Balaban J connectivity index is 0.000000207. The van der Waals surface area contributed by atoms with Gasteiger partial charge in [-0.25, -0.2) is 13.6 Å². The molecule has 3 aromatic rings. The van der Waals surface area contributed by atoms with Gasteiger partial charge < -0.3 is 10.8 Å². The van der Waals surface area contributed by atoms with Crippen LogP contribution in [0.4, 0.5) is 5.69 Å². The summed E-state index contributed by atoms with van der Waals surface area (Å²) in [6.07, 6.45) is 0. The van der Waals surface area contributed by atoms with E-state index in [0.29, 0.717) is 5.69 Å². The molecule has 0 saturated heterocycles. The van der Waals surface area contributed by atoms with Crippen LogP contribution in [0.5, 0.6) is 0 Å². The highest BCUT2D eigenvalue weighted by molar-refractivity contribution is 7.89. The van der Waals surface area contributed by atoms with E-state index >= 15 is 0 Å². The first-order valence-electron chi connectivity index (χ1n) is 7.31. The minimum absolute atomic E-state index is 0.0756. The minimum atomic E-state index is -3.58. The normalized spacial score (nSPS) is 10.1. The minimum Gasteiger partial charge on any atom is -0.399 e. The Hall–Kier alpha value is -2.41. The van der Waals surface area contributed by atoms with Crippen molar-refractivity contribution in [3.8, 4) is 0 Å². The lowest BCUT2D eigenvalue weighted by atomic mass is 10.1. The third-order valence-electron chi connectivity index (χ3n) is 2.87. The topological polar surface area (TPSA) is 106 Å². The largest absolute Gasteiger partial charge is 0.399 e. The zero-order valence-electron chi connectivity index (χ0n) is 13.5. The van der Waals surface area contributed by atoms with Gasteiger partial charge in [-0.3, -0.25) is 0 Å². The SMILES string of the molecule is CCO.Nc1ccc(S(N)(=O)=O)cc1.c1ccc2ccccc2c1. The first-order chi connectivity index (χ1) is 11.4. The predicted molar refractivity (Wildman–Crippen MR) is 98.9 cm³/mol. The van der Waals surface area contributed by atoms with Crippen LogP contribution in [-0.4, -0.2) is 20.1 Å². The molecular formula is C18H22N2O3S. The molecule has 0 saturated carbocycles. The molecule has 0 radical (unpaired) electrons. The molecule has 0 spiro atoms. The number of aliphatic hydroxyl groups is 1. The number of aliphatic hydroxyl groups excluding tert-OH is 1. The molecule has 0 heterocycles.